The number of hydrogen-bond acceptors (Lipinski definition) is 12. The molecule has 12 nitrogen and oxygen atoms in total. The number of benzene rings is 4. The zero-order chi connectivity index (χ0) is 34.7. The van der Waals surface area contributed by atoms with Crippen LogP contribution in [0, 0.1) is 0 Å². The van der Waals surface area contributed by atoms with Gasteiger partial charge in [0.15, 0.2) is 0 Å². The van der Waals surface area contributed by atoms with Crippen LogP contribution < -0.4 is 40.2 Å². The van der Waals surface area contributed by atoms with Crippen LogP contribution in [0.1, 0.15) is 47.2 Å². The summed E-state index contributed by atoms with van der Waals surface area (Å²) >= 11 is 0. The van der Waals surface area contributed by atoms with E-state index in [9.17, 15) is 0 Å². The third kappa shape index (κ3) is 7.08. The highest BCUT2D eigenvalue weighted by atomic mass is 16.6. The fourth-order valence-corrected chi connectivity index (χ4v) is 7.51. The summed E-state index contributed by atoms with van der Waals surface area (Å²) in [4.78, 5) is 0. The first-order valence-corrected chi connectivity index (χ1v) is 18.2. The zero-order valence-corrected chi connectivity index (χ0v) is 28.8. The van der Waals surface area contributed by atoms with Crippen LogP contribution in [-0.4, -0.2) is 77.0 Å². The van der Waals surface area contributed by atoms with Crippen LogP contribution in [0.4, 0.5) is 0 Å². The lowest BCUT2D eigenvalue weighted by atomic mass is 10.0. The minimum atomic E-state index is -0.347. The number of ether oxygens (including phenoxy) is 8. The van der Waals surface area contributed by atoms with Gasteiger partial charge in [-0.05, 0) is 24.3 Å². The van der Waals surface area contributed by atoms with E-state index < -0.39 is 0 Å². The van der Waals surface area contributed by atoms with Crippen molar-refractivity contribution in [3.63, 3.8) is 0 Å². The second kappa shape index (κ2) is 15.4. The Hall–Kier alpha value is -4.24. The molecule has 16 rings (SSSR count). The van der Waals surface area contributed by atoms with Gasteiger partial charge in [0.25, 0.3) is 0 Å². The van der Waals surface area contributed by atoms with Crippen LogP contribution in [0.3, 0.4) is 0 Å². The van der Waals surface area contributed by atoms with Crippen LogP contribution in [-0.2, 0) is 18.9 Å². The summed E-state index contributed by atoms with van der Waals surface area (Å²) in [6.07, 6.45) is -1.99. The summed E-state index contributed by atoms with van der Waals surface area (Å²) < 4.78 is 51.4. The predicted octanol–water partition coefficient (Wildman–Crippen LogP) is 4.26. The van der Waals surface area contributed by atoms with Gasteiger partial charge in [-0.2, -0.15) is 0 Å². The van der Waals surface area contributed by atoms with Crippen LogP contribution >= 0.6 is 0 Å². The molecule has 52 heavy (non-hydrogen) atoms. The van der Waals surface area contributed by atoms with Crippen molar-refractivity contribution in [2.75, 3.05) is 52.6 Å². The lowest BCUT2D eigenvalue weighted by Crippen LogP contribution is -2.57. The van der Waals surface area contributed by atoms with Crippen molar-refractivity contribution >= 4 is 0 Å². The first-order valence-electron chi connectivity index (χ1n) is 18.2. The molecule has 0 aliphatic carbocycles. The Bertz CT molecular complexity index is 1570. The van der Waals surface area contributed by atoms with E-state index in [1.807, 2.05) is 97.1 Å². The molecule has 12 heteroatoms. The summed E-state index contributed by atoms with van der Waals surface area (Å²) in [5.41, 5.74) is 3.72. The van der Waals surface area contributed by atoms with Crippen molar-refractivity contribution in [3.8, 4) is 23.0 Å². The highest BCUT2D eigenvalue weighted by molar-refractivity contribution is 5.38. The van der Waals surface area contributed by atoms with E-state index in [2.05, 4.69) is 21.3 Å². The van der Waals surface area contributed by atoms with Crippen molar-refractivity contribution < 1.29 is 37.9 Å². The molecule has 0 radical (unpaired) electrons. The second-order valence-corrected chi connectivity index (χ2v) is 13.4. The molecule has 0 spiro atoms. The van der Waals surface area contributed by atoms with Crippen LogP contribution in [0.5, 0.6) is 23.0 Å². The SMILES string of the molecule is c1ccc2c(c1)OCCOc1ccccc1C1NC[C@H]3OC(NC[C@H]3O1)c1ccccc1OCCOc1ccccc1C1NC[C@H]3OC2NC[C@H]3O1. The quantitative estimate of drug-likeness (QED) is 0.209. The third-order valence-corrected chi connectivity index (χ3v) is 10.1. The average molecular weight is 709 g/mol. The molecule has 4 unspecified atom stereocenters. The summed E-state index contributed by atoms with van der Waals surface area (Å²) in [6, 6.07) is 31.8. The summed E-state index contributed by atoms with van der Waals surface area (Å²) in [6.45, 7) is 3.90. The molecule has 4 fully saturated rings. The largest absolute Gasteiger partial charge is 0.490 e. The Labute approximate surface area is 303 Å². The molecule has 0 aromatic heterocycles. The number of nitrogens with one attached hydrogen (secondary N) is 4. The van der Waals surface area contributed by atoms with Crippen molar-refractivity contribution in [2.24, 2.45) is 0 Å². The smallest absolute Gasteiger partial charge is 0.138 e. The van der Waals surface area contributed by atoms with E-state index in [4.69, 9.17) is 37.9 Å². The van der Waals surface area contributed by atoms with Gasteiger partial charge in [0.1, 0.15) is 74.3 Å². The average Bonchev–Trinajstić information content (AvgIpc) is 3.20. The molecule has 4 aromatic carbocycles. The Morgan fingerprint density at radius 2 is 0.558 bits per heavy atom. The minimum Gasteiger partial charge on any atom is -0.490 e. The van der Waals surface area contributed by atoms with E-state index in [-0.39, 0.29) is 49.3 Å². The normalized spacial score (nSPS) is 30.5. The van der Waals surface area contributed by atoms with E-state index in [0.29, 0.717) is 52.6 Å². The van der Waals surface area contributed by atoms with Gasteiger partial charge in [-0.1, -0.05) is 72.8 Å². The maximum absolute atomic E-state index is 6.56. The topological polar surface area (TPSA) is 122 Å². The van der Waals surface area contributed by atoms with E-state index >= 15 is 0 Å². The van der Waals surface area contributed by atoms with Gasteiger partial charge in [0.2, 0.25) is 0 Å². The summed E-state index contributed by atoms with van der Waals surface area (Å²) in [5.74, 6) is 2.98. The zero-order valence-electron chi connectivity index (χ0n) is 28.8. The number of hydrogen-bond donors (Lipinski definition) is 4. The molecule has 0 amide bonds. The monoisotopic (exact) mass is 708 g/mol. The van der Waals surface area contributed by atoms with Gasteiger partial charge >= 0.3 is 0 Å². The Kier molecular flexibility index (Phi) is 9.94. The standard InChI is InChI=1S/C40H44N4O8/c1-5-13-29-25(9-1)37-41-21-34-33(49-37)22-42-38(50-34)27-11-3-7-15-31(27)47-19-20-48-32-16-8-4-12-28(32)40-44-24-35-36(52-40)23-43-39(51-35)26-10-2-6-14-30(26)46-18-17-45-29/h1-16,33-44H,17-24H2/t33-,34-,35-,36-,37?,38?,39?,40?/m1/s1. The first kappa shape index (κ1) is 33.6. The fraction of sp³-hybridized carbons (Fsp3) is 0.400. The lowest BCUT2D eigenvalue weighted by Gasteiger charge is -2.43. The molecule has 12 aliphatic rings. The van der Waals surface area contributed by atoms with Gasteiger partial charge in [-0.25, -0.2) is 0 Å². The van der Waals surface area contributed by atoms with Gasteiger partial charge in [0, 0.05) is 48.4 Å². The minimum absolute atomic E-state index is 0.150. The molecular weight excluding hydrogens is 664 g/mol. The maximum atomic E-state index is 6.56. The maximum Gasteiger partial charge on any atom is 0.138 e. The van der Waals surface area contributed by atoms with E-state index in [0.717, 1.165) is 45.3 Å². The lowest BCUT2D eigenvalue weighted by molar-refractivity contribution is -0.195. The van der Waals surface area contributed by atoms with Crippen molar-refractivity contribution in [1.82, 2.24) is 21.3 Å². The Balaban J connectivity index is 0.958. The summed E-state index contributed by atoms with van der Waals surface area (Å²) in [5, 5.41) is 14.1. The fourth-order valence-electron chi connectivity index (χ4n) is 7.51. The van der Waals surface area contributed by atoms with E-state index in [1.54, 1.807) is 0 Å². The number of rotatable bonds is 0. The number of para-hydroxylation sites is 4. The van der Waals surface area contributed by atoms with Crippen molar-refractivity contribution in [3.05, 3.63) is 119 Å². The third-order valence-electron chi connectivity index (χ3n) is 10.1. The molecule has 12 heterocycles. The highest BCUT2D eigenvalue weighted by Crippen LogP contribution is 2.37. The molecular formula is C40H44N4O8. The highest BCUT2D eigenvalue weighted by Gasteiger charge is 2.41. The van der Waals surface area contributed by atoms with Gasteiger partial charge < -0.3 is 37.9 Å². The Morgan fingerprint density at radius 3 is 0.808 bits per heavy atom. The second-order valence-electron chi connectivity index (χ2n) is 13.4. The molecule has 8 atom stereocenters. The molecule has 4 N–H and O–H groups in total. The molecule has 8 bridgehead atoms. The molecule has 12 aliphatic heterocycles. The van der Waals surface area contributed by atoms with Crippen LogP contribution in [0.15, 0.2) is 97.1 Å². The van der Waals surface area contributed by atoms with E-state index in [1.165, 1.54) is 0 Å². The molecule has 4 aromatic rings. The van der Waals surface area contributed by atoms with Crippen molar-refractivity contribution in [2.45, 2.75) is 49.3 Å². The van der Waals surface area contributed by atoms with Crippen LogP contribution in [0.2, 0.25) is 0 Å². The van der Waals surface area contributed by atoms with Crippen molar-refractivity contribution in [1.29, 1.82) is 0 Å². The molecule has 4 saturated heterocycles. The molecule has 0 saturated carbocycles. The predicted molar refractivity (Wildman–Crippen MR) is 190 cm³/mol. The van der Waals surface area contributed by atoms with Gasteiger partial charge in [-0.3, -0.25) is 21.3 Å². The first-order chi connectivity index (χ1) is 25.8. The molecule has 272 valence electrons. The van der Waals surface area contributed by atoms with Gasteiger partial charge in [0.05, 0.1) is 24.4 Å². The van der Waals surface area contributed by atoms with Gasteiger partial charge in [-0.15, -0.1) is 0 Å². The summed E-state index contributed by atoms with van der Waals surface area (Å²) in [7, 11) is 0. The Morgan fingerprint density at radius 1 is 0.327 bits per heavy atom. The van der Waals surface area contributed by atoms with Crippen LogP contribution in [0.25, 0.3) is 0 Å².